The second kappa shape index (κ2) is 6.09. The van der Waals surface area contributed by atoms with E-state index in [2.05, 4.69) is 28.3 Å². The van der Waals surface area contributed by atoms with E-state index >= 15 is 0 Å². The summed E-state index contributed by atoms with van der Waals surface area (Å²) in [6, 6.07) is 0.267. The van der Waals surface area contributed by atoms with Crippen LogP contribution >= 0.6 is 11.6 Å². The number of nitrogens with one attached hydrogen (secondary N) is 1. The molecule has 1 fully saturated rings. The summed E-state index contributed by atoms with van der Waals surface area (Å²) in [6.45, 7) is 2.18. The molecule has 5 nitrogen and oxygen atoms in total. The normalized spacial score (nSPS) is 17.1. The van der Waals surface area contributed by atoms with Crippen LogP contribution in [0.15, 0.2) is 11.0 Å². The number of terminal acetylenes is 1. The Labute approximate surface area is 117 Å². The van der Waals surface area contributed by atoms with Crippen LogP contribution in [0.2, 0.25) is 5.02 Å². The van der Waals surface area contributed by atoms with Crippen LogP contribution in [0.5, 0.6) is 0 Å². The number of nitrogens with zero attached hydrogens (tertiary/aromatic N) is 3. The smallest absolute Gasteiger partial charge is 0.292 e. The van der Waals surface area contributed by atoms with E-state index in [9.17, 15) is 4.79 Å². The lowest BCUT2D eigenvalue weighted by Gasteiger charge is -2.30. The number of piperidine rings is 1. The van der Waals surface area contributed by atoms with Crippen LogP contribution in [0.3, 0.4) is 0 Å². The van der Waals surface area contributed by atoms with Crippen molar-refractivity contribution in [3.05, 3.63) is 21.6 Å². The Hall–Kier alpha value is -1.51. The fourth-order valence-corrected chi connectivity index (χ4v) is 2.33. The summed E-state index contributed by atoms with van der Waals surface area (Å²) in [7, 11) is 2.09. The summed E-state index contributed by atoms with van der Waals surface area (Å²) in [5.41, 5.74) is 0.144. The number of likely N-dealkylation sites (tertiary alicyclic amines) is 1. The molecule has 6 heteroatoms. The molecule has 2 heterocycles. The minimum absolute atomic E-state index is 0.151. The van der Waals surface area contributed by atoms with Crippen molar-refractivity contribution >= 4 is 17.3 Å². The lowest BCUT2D eigenvalue weighted by molar-refractivity contribution is 0.264. The third kappa shape index (κ3) is 3.28. The molecule has 0 aromatic carbocycles. The Balaban J connectivity index is 2.18. The van der Waals surface area contributed by atoms with Crippen molar-refractivity contribution in [1.82, 2.24) is 14.7 Å². The molecule has 0 atom stereocenters. The highest BCUT2D eigenvalue weighted by Gasteiger charge is 2.19. The standard InChI is InChI=1S/C13H17ClN4O/c1-3-6-18-13(19)12(11(14)9-15-18)16-10-4-7-17(2)8-5-10/h1,9-10,16H,4-8H2,2H3. The van der Waals surface area contributed by atoms with Crippen LogP contribution in [0.4, 0.5) is 5.69 Å². The van der Waals surface area contributed by atoms with Crippen LogP contribution < -0.4 is 10.9 Å². The summed E-state index contributed by atoms with van der Waals surface area (Å²) in [5, 5.41) is 7.50. The van der Waals surface area contributed by atoms with E-state index in [0.717, 1.165) is 25.9 Å². The maximum atomic E-state index is 12.2. The molecule has 0 spiro atoms. The molecule has 1 aliphatic heterocycles. The molecule has 102 valence electrons. The van der Waals surface area contributed by atoms with Crippen molar-refractivity contribution in [2.45, 2.75) is 25.4 Å². The second-order valence-corrected chi connectivity index (χ2v) is 5.16. The summed E-state index contributed by atoms with van der Waals surface area (Å²) in [4.78, 5) is 14.4. The van der Waals surface area contributed by atoms with Gasteiger partial charge in [-0.15, -0.1) is 6.42 Å². The molecule has 0 aliphatic carbocycles. The predicted molar refractivity (Wildman–Crippen MR) is 76.5 cm³/mol. The third-order valence-electron chi connectivity index (χ3n) is 3.31. The third-order valence-corrected chi connectivity index (χ3v) is 3.59. The van der Waals surface area contributed by atoms with Crippen molar-refractivity contribution in [3.63, 3.8) is 0 Å². The van der Waals surface area contributed by atoms with Crippen molar-refractivity contribution in [2.24, 2.45) is 0 Å². The lowest BCUT2D eigenvalue weighted by atomic mass is 10.1. The van der Waals surface area contributed by atoms with Crippen LogP contribution in [0.1, 0.15) is 12.8 Å². The van der Waals surface area contributed by atoms with Gasteiger partial charge in [-0.2, -0.15) is 5.10 Å². The zero-order valence-corrected chi connectivity index (χ0v) is 11.7. The average molecular weight is 281 g/mol. The average Bonchev–Trinajstić information content (AvgIpc) is 2.40. The first-order valence-electron chi connectivity index (χ1n) is 6.26. The van der Waals surface area contributed by atoms with Gasteiger partial charge in [0.2, 0.25) is 0 Å². The Kier molecular flexibility index (Phi) is 4.46. The topological polar surface area (TPSA) is 50.2 Å². The van der Waals surface area contributed by atoms with Gasteiger partial charge in [-0.3, -0.25) is 4.79 Å². The molecule has 1 saturated heterocycles. The number of aromatic nitrogens is 2. The largest absolute Gasteiger partial charge is 0.376 e. The molecule has 19 heavy (non-hydrogen) atoms. The van der Waals surface area contributed by atoms with Gasteiger partial charge in [0, 0.05) is 6.04 Å². The maximum absolute atomic E-state index is 12.2. The molecule has 0 radical (unpaired) electrons. The summed E-state index contributed by atoms with van der Waals surface area (Å²) in [6.07, 6.45) is 8.64. The van der Waals surface area contributed by atoms with Crippen molar-refractivity contribution < 1.29 is 0 Å². The van der Waals surface area contributed by atoms with Crippen LogP contribution in [-0.2, 0) is 6.54 Å². The van der Waals surface area contributed by atoms with E-state index in [1.165, 1.54) is 10.9 Å². The van der Waals surface area contributed by atoms with Crippen molar-refractivity contribution in [3.8, 4) is 12.3 Å². The first-order chi connectivity index (χ1) is 9.11. The molecular formula is C13H17ClN4O. The first-order valence-corrected chi connectivity index (χ1v) is 6.63. The first kappa shape index (κ1) is 13.9. The molecule has 0 unspecified atom stereocenters. The molecule has 1 aliphatic rings. The van der Waals surface area contributed by atoms with E-state index in [4.69, 9.17) is 18.0 Å². The maximum Gasteiger partial charge on any atom is 0.292 e. The van der Waals surface area contributed by atoms with Crippen LogP contribution in [-0.4, -0.2) is 40.9 Å². The van der Waals surface area contributed by atoms with Crippen LogP contribution in [0, 0.1) is 12.3 Å². The van der Waals surface area contributed by atoms with E-state index in [0.29, 0.717) is 10.7 Å². The molecule has 0 saturated carbocycles. The highest BCUT2D eigenvalue weighted by atomic mass is 35.5. The number of hydrogen-bond acceptors (Lipinski definition) is 4. The van der Waals surface area contributed by atoms with Gasteiger partial charge in [0.1, 0.15) is 12.2 Å². The van der Waals surface area contributed by atoms with Crippen molar-refractivity contribution in [1.29, 1.82) is 0 Å². The molecule has 1 aromatic rings. The van der Waals surface area contributed by atoms with Gasteiger partial charge in [-0.25, -0.2) is 4.68 Å². The molecule has 1 N–H and O–H groups in total. The minimum Gasteiger partial charge on any atom is -0.376 e. The number of hydrogen-bond donors (Lipinski definition) is 1. The highest BCUT2D eigenvalue weighted by Crippen LogP contribution is 2.19. The van der Waals surface area contributed by atoms with Gasteiger partial charge in [-0.1, -0.05) is 17.5 Å². The van der Waals surface area contributed by atoms with Gasteiger partial charge in [-0.05, 0) is 33.0 Å². The highest BCUT2D eigenvalue weighted by molar-refractivity contribution is 6.33. The number of anilines is 1. The quantitative estimate of drug-likeness (QED) is 0.841. The summed E-state index contributed by atoms with van der Waals surface area (Å²) < 4.78 is 1.24. The fraction of sp³-hybridized carbons (Fsp3) is 0.538. The molecule has 0 amide bonds. The zero-order chi connectivity index (χ0) is 13.8. The molecule has 1 aromatic heterocycles. The Morgan fingerprint density at radius 2 is 2.26 bits per heavy atom. The Bertz CT molecular complexity index is 541. The lowest BCUT2D eigenvalue weighted by Crippen LogP contribution is -2.38. The molecule has 2 rings (SSSR count). The van der Waals surface area contributed by atoms with E-state index in [-0.39, 0.29) is 18.1 Å². The van der Waals surface area contributed by atoms with E-state index in [1.807, 2.05) is 0 Å². The van der Waals surface area contributed by atoms with Gasteiger partial charge in [0.15, 0.2) is 0 Å². The van der Waals surface area contributed by atoms with Crippen molar-refractivity contribution in [2.75, 3.05) is 25.5 Å². The summed E-state index contributed by atoms with van der Waals surface area (Å²) in [5.74, 6) is 2.40. The predicted octanol–water partition coefficient (Wildman–Crippen LogP) is 1.04. The van der Waals surface area contributed by atoms with E-state index < -0.39 is 0 Å². The second-order valence-electron chi connectivity index (χ2n) is 4.76. The molecular weight excluding hydrogens is 264 g/mol. The van der Waals surface area contributed by atoms with Gasteiger partial charge < -0.3 is 10.2 Å². The zero-order valence-electron chi connectivity index (χ0n) is 10.9. The van der Waals surface area contributed by atoms with Crippen LogP contribution in [0.25, 0.3) is 0 Å². The monoisotopic (exact) mass is 280 g/mol. The Morgan fingerprint density at radius 1 is 1.58 bits per heavy atom. The number of halogens is 1. The van der Waals surface area contributed by atoms with Gasteiger partial charge in [0.25, 0.3) is 5.56 Å². The van der Waals surface area contributed by atoms with Gasteiger partial charge in [0.05, 0.1) is 11.2 Å². The fourth-order valence-electron chi connectivity index (χ4n) is 2.16. The molecule has 0 bridgehead atoms. The SMILES string of the molecule is C#CCn1ncc(Cl)c(NC2CCN(C)CC2)c1=O. The Morgan fingerprint density at radius 3 is 2.89 bits per heavy atom. The minimum atomic E-state index is -0.260. The summed E-state index contributed by atoms with van der Waals surface area (Å²) >= 11 is 6.05. The number of rotatable bonds is 3. The van der Waals surface area contributed by atoms with E-state index in [1.54, 1.807) is 0 Å². The van der Waals surface area contributed by atoms with Gasteiger partial charge >= 0.3 is 0 Å².